The number of unbranched alkanes of at least 4 members (excludes halogenated alkanes) is 30. The molecule has 0 saturated heterocycles. The van der Waals surface area contributed by atoms with Crippen molar-refractivity contribution in [1.82, 2.24) is 0 Å². The van der Waals surface area contributed by atoms with Gasteiger partial charge in [0.25, 0.3) is 0 Å². The molecule has 117 heavy (non-hydrogen) atoms. The van der Waals surface area contributed by atoms with Gasteiger partial charge in [-0.2, -0.15) is 0 Å². The molecule has 0 aromatic heterocycles. The summed E-state index contributed by atoms with van der Waals surface area (Å²) in [6, 6.07) is 0. The Hall–Kier alpha value is -5.61. The molecule has 5 atom stereocenters. The minimum atomic E-state index is -4.95. The van der Waals surface area contributed by atoms with Gasteiger partial charge in [-0.15, -0.1) is 0 Å². The second-order valence-corrected chi connectivity index (χ2v) is 32.9. The Morgan fingerprint density at radius 1 is 0.239 bits per heavy atom. The second kappa shape index (κ2) is 89.6. The summed E-state index contributed by atoms with van der Waals surface area (Å²) < 4.78 is 61.5. The molecule has 0 aromatic rings. The number of rotatable bonds is 85. The van der Waals surface area contributed by atoms with Gasteiger partial charge in [-0.1, -0.05) is 369 Å². The topological polar surface area (TPSA) is 231 Å². The van der Waals surface area contributed by atoms with Crippen LogP contribution in [0.4, 0.5) is 0 Å². The Morgan fingerprint density at radius 2 is 0.427 bits per heavy atom. The molecule has 0 aromatic carbocycles. The van der Waals surface area contributed by atoms with Crippen molar-refractivity contribution in [2.45, 2.75) is 373 Å². The third kappa shape index (κ3) is 91.0. The van der Waals surface area contributed by atoms with Gasteiger partial charge in [0.1, 0.15) is 25.4 Å². The first-order valence-electron chi connectivity index (χ1n) is 45.7. The lowest BCUT2D eigenvalue weighted by Gasteiger charge is -2.21. The standard InChI is InChI=1S/C99H164O16P2/c1-4-7-10-13-16-19-22-25-28-31-34-37-40-42-44-45-46-47-49-51-53-55-58-61-64-67-70-73-76-79-82-85-97(102)109-88-94(100)89-111-116(105,106)112-90-95(101)91-113-117(107,108)114-93-96(115-99(104)87-84-81-78-75-72-69-66-63-60-57-52-39-36-33-30-27-24-21-18-15-12-9-6-3)92-110-98(103)86-83-80-77-74-71-68-65-62-59-56-54-50-48-43-41-38-35-32-29-26-23-20-17-14-11-8-5-2/h7-12,16-21,25-30,34-39,42-44,48,54,56-57,60,94-96,100-101H,4-6,13-15,22-24,31-33,40-41,45-47,49-53,55,58-59,61-93H2,1-3H3,(H,105,106)(H,107,108)/b10-7-,11-8-,12-9-,19-16-,20-17-,21-18-,28-25-,29-26-,30-27-,37-34-,38-35-,39-36-,44-42-,48-43-,56-54-,60-57-. The van der Waals surface area contributed by atoms with Crippen LogP contribution in [0.15, 0.2) is 194 Å². The third-order valence-electron chi connectivity index (χ3n) is 18.8. The average Bonchev–Trinajstić information content (AvgIpc) is 1.07. The summed E-state index contributed by atoms with van der Waals surface area (Å²) in [7, 11) is -9.82. The van der Waals surface area contributed by atoms with Gasteiger partial charge in [-0.25, -0.2) is 9.13 Å². The van der Waals surface area contributed by atoms with Gasteiger partial charge < -0.3 is 34.2 Å². The lowest BCUT2D eigenvalue weighted by atomic mass is 10.0. The minimum Gasteiger partial charge on any atom is -0.463 e. The molecule has 18 heteroatoms. The van der Waals surface area contributed by atoms with E-state index in [0.717, 1.165) is 212 Å². The highest BCUT2D eigenvalue weighted by Gasteiger charge is 2.29. The Kier molecular flexibility index (Phi) is 85.3. The molecule has 0 aliphatic heterocycles. The molecule has 0 bridgehead atoms. The highest BCUT2D eigenvalue weighted by atomic mass is 31.2. The van der Waals surface area contributed by atoms with E-state index in [1.54, 1.807) is 0 Å². The third-order valence-corrected chi connectivity index (χ3v) is 20.7. The van der Waals surface area contributed by atoms with Crippen LogP contribution >= 0.6 is 15.6 Å². The molecule has 666 valence electrons. The quantitative estimate of drug-likeness (QED) is 0.0146. The van der Waals surface area contributed by atoms with E-state index in [4.69, 9.17) is 32.3 Å². The second-order valence-electron chi connectivity index (χ2n) is 30.0. The fraction of sp³-hybridized carbons (Fsp3) is 0.646. The Balaban J connectivity index is 4.64. The van der Waals surface area contributed by atoms with Crippen LogP contribution < -0.4 is 0 Å². The highest BCUT2D eigenvalue weighted by molar-refractivity contribution is 7.47. The lowest BCUT2D eigenvalue weighted by Crippen LogP contribution is -2.30. The molecule has 0 aliphatic carbocycles. The predicted molar refractivity (Wildman–Crippen MR) is 491 cm³/mol. The van der Waals surface area contributed by atoms with Crippen LogP contribution in [0.1, 0.15) is 355 Å². The first-order chi connectivity index (χ1) is 57.2. The molecule has 4 N–H and O–H groups in total. The van der Waals surface area contributed by atoms with Crippen molar-refractivity contribution in [1.29, 1.82) is 0 Å². The van der Waals surface area contributed by atoms with Crippen LogP contribution in [0.2, 0.25) is 0 Å². The summed E-state index contributed by atoms with van der Waals surface area (Å²) in [5.41, 5.74) is 0. The molecular weight excluding hydrogens is 1510 g/mol. The van der Waals surface area contributed by atoms with E-state index >= 15 is 0 Å². The predicted octanol–water partition coefficient (Wildman–Crippen LogP) is 28.2. The van der Waals surface area contributed by atoms with Gasteiger partial charge in [-0.05, 0) is 161 Å². The monoisotopic (exact) mass is 1670 g/mol. The molecule has 0 saturated carbocycles. The number of carbonyl (C=O) groups excluding carboxylic acids is 3. The van der Waals surface area contributed by atoms with Gasteiger partial charge in [0.15, 0.2) is 6.10 Å². The van der Waals surface area contributed by atoms with Crippen molar-refractivity contribution < 1.29 is 75.8 Å². The molecule has 0 heterocycles. The molecule has 16 nitrogen and oxygen atoms in total. The fourth-order valence-corrected chi connectivity index (χ4v) is 13.6. The molecule has 0 rings (SSSR count). The Bertz CT molecular complexity index is 2910. The largest absolute Gasteiger partial charge is 0.472 e. The maximum atomic E-state index is 13.1. The summed E-state index contributed by atoms with van der Waals surface area (Å²) in [6.07, 6.45) is 119. The van der Waals surface area contributed by atoms with Crippen LogP contribution in [-0.2, 0) is 55.8 Å². The van der Waals surface area contributed by atoms with Crippen molar-refractivity contribution in [2.75, 3.05) is 39.6 Å². The smallest absolute Gasteiger partial charge is 0.463 e. The van der Waals surface area contributed by atoms with Gasteiger partial charge in [0.05, 0.1) is 26.4 Å². The van der Waals surface area contributed by atoms with Crippen LogP contribution in [0.5, 0.6) is 0 Å². The van der Waals surface area contributed by atoms with Crippen LogP contribution in [0.25, 0.3) is 0 Å². The normalized spacial score (nSPS) is 14.7. The number of aliphatic hydroxyl groups excluding tert-OH is 2. The number of allylic oxidation sites excluding steroid dienone is 32. The molecule has 0 aliphatic rings. The summed E-state index contributed by atoms with van der Waals surface area (Å²) in [5.74, 6) is -1.60. The molecular formula is C99H164O16P2. The SMILES string of the molecule is CC/C=C\C/C=C\C/C=C\C/C=C\C/C=C\C/C=C\CCCCCCCCCCC(=O)OCC(COP(=O)(O)OCC(O)COP(=O)(O)OCC(O)COC(=O)CCCCCCCCCCCCCCCCC/C=C\C/C=C\C/C=C\C/C=C\C/C=C\CC)OC(=O)CCCCCCCCC/C=C\C/C=C\C/C=C\C/C=C\C/C=C\CC. The molecule has 0 fully saturated rings. The zero-order chi connectivity index (χ0) is 85.1. The van der Waals surface area contributed by atoms with Crippen LogP contribution in [-0.4, -0.2) is 95.9 Å². The van der Waals surface area contributed by atoms with Crippen molar-refractivity contribution in [3.63, 3.8) is 0 Å². The maximum Gasteiger partial charge on any atom is 0.472 e. The van der Waals surface area contributed by atoms with Crippen molar-refractivity contribution >= 4 is 33.6 Å². The number of esters is 3. The first-order valence-corrected chi connectivity index (χ1v) is 48.7. The van der Waals surface area contributed by atoms with Crippen molar-refractivity contribution in [3.05, 3.63) is 194 Å². The van der Waals surface area contributed by atoms with Gasteiger partial charge in [0, 0.05) is 19.3 Å². The van der Waals surface area contributed by atoms with Gasteiger partial charge in [0.2, 0.25) is 0 Å². The van der Waals surface area contributed by atoms with Crippen molar-refractivity contribution in [2.24, 2.45) is 0 Å². The fourth-order valence-electron chi connectivity index (χ4n) is 12.0. The van der Waals surface area contributed by atoms with Gasteiger partial charge in [-0.3, -0.25) is 32.5 Å². The van der Waals surface area contributed by atoms with E-state index in [1.807, 2.05) is 0 Å². The number of hydrogen-bond acceptors (Lipinski definition) is 14. The number of carbonyl (C=O) groups is 3. The highest BCUT2D eigenvalue weighted by Crippen LogP contribution is 2.45. The maximum absolute atomic E-state index is 13.1. The zero-order valence-corrected chi connectivity index (χ0v) is 75.1. The summed E-state index contributed by atoms with van der Waals surface area (Å²) >= 11 is 0. The zero-order valence-electron chi connectivity index (χ0n) is 73.3. The molecule has 0 amide bonds. The minimum absolute atomic E-state index is 0.0827. The number of aliphatic hydroxyl groups is 2. The van der Waals surface area contributed by atoms with E-state index in [0.29, 0.717) is 19.3 Å². The summed E-state index contributed by atoms with van der Waals surface area (Å²) in [5, 5.41) is 20.7. The van der Waals surface area contributed by atoms with Gasteiger partial charge >= 0.3 is 33.6 Å². The Morgan fingerprint density at radius 3 is 0.675 bits per heavy atom. The number of phosphoric acid groups is 2. The number of hydrogen-bond donors (Lipinski definition) is 4. The number of ether oxygens (including phenoxy) is 3. The summed E-state index contributed by atoms with van der Waals surface area (Å²) in [6.45, 7) is 2.34. The van der Waals surface area contributed by atoms with E-state index in [-0.39, 0.29) is 19.3 Å². The molecule has 0 spiro atoms. The van der Waals surface area contributed by atoms with E-state index in [9.17, 15) is 43.5 Å². The molecule has 5 unspecified atom stereocenters. The first kappa shape index (κ1) is 111. The summed E-state index contributed by atoms with van der Waals surface area (Å²) in [4.78, 5) is 59.0. The van der Waals surface area contributed by atoms with Crippen molar-refractivity contribution in [3.8, 4) is 0 Å². The van der Waals surface area contributed by atoms with E-state index < -0.39 is 91.5 Å². The average molecular weight is 1670 g/mol. The Labute approximate surface area is 712 Å². The van der Waals surface area contributed by atoms with Crippen LogP contribution in [0.3, 0.4) is 0 Å². The lowest BCUT2D eigenvalue weighted by molar-refractivity contribution is -0.161. The van der Waals surface area contributed by atoms with E-state index in [2.05, 4.69) is 215 Å². The number of phosphoric ester groups is 2. The van der Waals surface area contributed by atoms with Crippen LogP contribution in [0, 0.1) is 0 Å². The van der Waals surface area contributed by atoms with E-state index in [1.165, 1.54) is 83.5 Å². The molecule has 0 radical (unpaired) electrons.